The second kappa shape index (κ2) is 6.40. The van der Waals surface area contributed by atoms with E-state index in [-0.39, 0.29) is 11.7 Å². The van der Waals surface area contributed by atoms with Crippen molar-refractivity contribution in [1.82, 2.24) is 0 Å². The number of amides is 1. The second-order valence-electron chi connectivity index (χ2n) is 3.49. The molecular weight excluding hydrogens is 224 g/mol. The maximum atomic E-state index is 11.5. The first-order valence-corrected chi connectivity index (χ1v) is 6.52. The van der Waals surface area contributed by atoms with Gasteiger partial charge in [0.1, 0.15) is 5.75 Å². The summed E-state index contributed by atoms with van der Waals surface area (Å²) in [6, 6.07) is 7.48. The number of hydrogen-bond acceptors (Lipinski definition) is 3. The Balaban J connectivity index is 2.48. The van der Waals surface area contributed by atoms with Crippen molar-refractivity contribution in [2.45, 2.75) is 6.92 Å². The van der Waals surface area contributed by atoms with Crippen molar-refractivity contribution in [2.75, 3.05) is 23.4 Å². The molecule has 1 unspecified atom stereocenters. The fourth-order valence-electron chi connectivity index (χ4n) is 1.27. The van der Waals surface area contributed by atoms with Crippen molar-refractivity contribution in [3.63, 3.8) is 0 Å². The molecular formula is C11H16N2O2S. The molecule has 0 heterocycles. The Kier molecular flexibility index (Phi) is 5.14. The number of hydrogen-bond donors (Lipinski definition) is 2. The van der Waals surface area contributed by atoms with Gasteiger partial charge in [-0.3, -0.25) is 9.00 Å². The van der Waals surface area contributed by atoms with Crippen molar-refractivity contribution in [3.8, 4) is 0 Å². The van der Waals surface area contributed by atoms with Crippen molar-refractivity contribution in [3.05, 3.63) is 29.8 Å². The topological polar surface area (TPSA) is 72.2 Å². The number of nitrogens with one attached hydrogen (secondary N) is 1. The zero-order valence-electron chi connectivity index (χ0n) is 9.23. The van der Waals surface area contributed by atoms with Gasteiger partial charge in [-0.05, 0) is 24.6 Å². The number of rotatable bonds is 5. The van der Waals surface area contributed by atoms with Crippen LogP contribution in [0.2, 0.25) is 0 Å². The molecule has 16 heavy (non-hydrogen) atoms. The van der Waals surface area contributed by atoms with Gasteiger partial charge in [-0.1, -0.05) is 12.1 Å². The molecule has 4 nitrogen and oxygen atoms in total. The third kappa shape index (κ3) is 4.55. The Morgan fingerprint density at radius 3 is 2.88 bits per heavy atom. The summed E-state index contributed by atoms with van der Waals surface area (Å²) in [6.07, 6.45) is 0. The van der Waals surface area contributed by atoms with Crippen LogP contribution >= 0.6 is 0 Å². The van der Waals surface area contributed by atoms with E-state index in [4.69, 9.17) is 5.73 Å². The fourth-order valence-corrected chi connectivity index (χ4v) is 2.04. The van der Waals surface area contributed by atoms with E-state index in [1.54, 1.807) is 6.07 Å². The molecule has 0 radical (unpaired) electrons. The van der Waals surface area contributed by atoms with Crippen LogP contribution < -0.4 is 11.1 Å². The van der Waals surface area contributed by atoms with Crippen molar-refractivity contribution >= 4 is 22.4 Å². The highest BCUT2D eigenvalue weighted by atomic mass is 32.2. The monoisotopic (exact) mass is 240 g/mol. The van der Waals surface area contributed by atoms with Gasteiger partial charge in [0.2, 0.25) is 5.91 Å². The van der Waals surface area contributed by atoms with Crippen LogP contribution in [0, 0.1) is 6.92 Å². The van der Waals surface area contributed by atoms with Gasteiger partial charge in [0.15, 0.2) is 0 Å². The zero-order chi connectivity index (χ0) is 12.0. The van der Waals surface area contributed by atoms with Gasteiger partial charge in [0, 0.05) is 28.8 Å². The Morgan fingerprint density at radius 1 is 1.50 bits per heavy atom. The molecule has 5 heteroatoms. The Labute approximate surface area is 97.7 Å². The molecule has 1 aromatic rings. The molecule has 0 fully saturated rings. The van der Waals surface area contributed by atoms with E-state index in [9.17, 15) is 9.00 Å². The van der Waals surface area contributed by atoms with E-state index in [0.29, 0.717) is 12.3 Å². The van der Waals surface area contributed by atoms with Gasteiger partial charge in [-0.15, -0.1) is 0 Å². The van der Waals surface area contributed by atoms with Crippen molar-refractivity contribution < 1.29 is 9.00 Å². The minimum absolute atomic E-state index is 0.00510. The van der Waals surface area contributed by atoms with E-state index in [1.165, 1.54) is 0 Å². The normalized spacial score (nSPS) is 12.1. The van der Waals surface area contributed by atoms with Crippen molar-refractivity contribution in [2.24, 2.45) is 5.73 Å². The van der Waals surface area contributed by atoms with Crippen LogP contribution in [-0.2, 0) is 15.6 Å². The Morgan fingerprint density at radius 2 is 2.25 bits per heavy atom. The lowest BCUT2D eigenvalue weighted by Crippen LogP contribution is -2.23. The van der Waals surface area contributed by atoms with E-state index < -0.39 is 10.8 Å². The number of benzene rings is 1. The first-order chi connectivity index (χ1) is 7.61. The molecule has 0 aromatic heterocycles. The molecule has 3 N–H and O–H groups in total. The van der Waals surface area contributed by atoms with Gasteiger partial charge in [-0.2, -0.15) is 0 Å². The molecule has 88 valence electrons. The molecule has 1 atom stereocenters. The average Bonchev–Trinajstić information content (AvgIpc) is 2.17. The third-order valence-electron chi connectivity index (χ3n) is 1.94. The lowest BCUT2D eigenvalue weighted by Gasteiger charge is -2.05. The number of carbonyl (C=O) groups is 1. The van der Waals surface area contributed by atoms with E-state index in [0.717, 1.165) is 11.3 Å². The minimum Gasteiger partial charge on any atom is -0.330 e. The quantitative estimate of drug-likeness (QED) is 0.793. The van der Waals surface area contributed by atoms with Gasteiger partial charge >= 0.3 is 0 Å². The highest BCUT2D eigenvalue weighted by Crippen LogP contribution is 2.09. The van der Waals surface area contributed by atoms with E-state index >= 15 is 0 Å². The summed E-state index contributed by atoms with van der Waals surface area (Å²) in [7, 11) is -1.17. The summed E-state index contributed by atoms with van der Waals surface area (Å²) in [5.41, 5.74) is 7.05. The zero-order valence-corrected chi connectivity index (χ0v) is 10.0. The maximum absolute atomic E-state index is 11.5. The fraction of sp³-hybridized carbons (Fsp3) is 0.364. The summed E-state index contributed by atoms with van der Waals surface area (Å²) in [5.74, 6) is 0.129. The summed E-state index contributed by atoms with van der Waals surface area (Å²) in [5, 5.41) is 2.70. The summed E-state index contributed by atoms with van der Waals surface area (Å²) >= 11 is 0. The van der Waals surface area contributed by atoms with E-state index in [2.05, 4.69) is 5.32 Å². The molecule has 0 spiro atoms. The molecule has 0 aliphatic rings. The summed E-state index contributed by atoms with van der Waals surface area (Å²) in [6.45, 7) is 2.28. The van der Waals surface area contributed by atoms with Crippen LogP contribution in [0.3, 0.4) is 0 Å². The van der Waals surface area contributed by atoms with Gasteiger partial charge < -0.3 is 11.1 Å². The maximum Gasteiger partial charge on any atom is 0.236 e. The second-order valence-corrected chi connectivity index (χ2v) is 5.07. The van der Waals surface area contributed by atoms with Gasteiger partial charge in [0.25, 0.3) is 0 Å². The Bertz CT molecular complexity index is 393. The smallest absolute Gasteiger partial charge is 0.236 e. The van der Waals surface area contributed by atoms with Gasteiger partial charge in [-0.25, -0.2) is 0 Å². The average molecular weight is 240 g/mol. The molecule has 1 amide bonds. The highest BCUT2D eigenvalue weighted by Gasteiger charge is 2.07. The highest BCUT2D eigenvalue weighted by molar-refractivity contribution is 7.85. The van der Waals surface area contributed by atoms with Crippen LogP contribution in [0.4, 0.5) is 5.69 Å². The van der Waals surface area contributed by atoms with Crippen LogP contribution in [-0.4, -0.2) is 28.2 Å². The lowest BCUT2D eigenvalue weighted by molar-refractivity contribution is -0.113. The molecule has 0 aliphatic heterocycles. The number of nitrogens with two attached hydrogens (primary N) is 1. The third-order valence-corrected chi connectivity index (χ3v) is 3.21. The van der Waals surface area contributed by atoms with Crippen molar-refractivity contribution in [1.29, 1.82) is 0 Å². The number of anilines is 1. The SMILES string of the molecule is Cc1cccc(NC(=O)CS(=O)CCN)c1. The largest absolute Gasteiger partial charge is 0.330 e. The Hall–Kier alpha value is -1.20. The molecule has 1 aromatic carbocycles. The van der Waals surface area contributed by atoms with Crippen LogP contribution in [0.15, 0.2) is 24.3 Å². The standard InChI is InChI=1S/C11H16N2O2S/c1-9-3-2-4-10(7-9)13-11(14)8-16(15)6-5-12/h2-4,7H,5-6,8,12H2,1H3,(H,13,14). The summed E-state index contributed by atoms with van der Waals surface area (Å²) < 4.78 is 11.3. The van der Waals surface area contributed by atoms with Crippen LogP contribution in [0.5, 0.6) is 0 Å². The molecule has 0 saturated carbocycles. The van der Waals surface area contributed by atoms with E-state index in [1.807, 2.05) is 25.1 Å². The lowest BCUT2D eigenvalue weighted by atomic mass is 10.2. The first-order valence-electron chi connectivity index (χ1n) is 5.03. The molecule has 0 aliphatic carbocycles. The van der Waals surface area contributed by atoms with Crippen LogP contribution in [0.25, 0.3) is 0 Å². The predicted octanol–water partition coefficient (Wildman–Crippen LogP) is 0.641. The number of carbonyl (C=O) groups excluding carboxylic acids is 1. The predicted molar refractivity (Wildman–Crippen MR) is 66.7 cm³/mol. The van der Waals surface area contributed by atoms with Gasteiger partial charge in [0.05, 0.1) is 0 Å². The minimum atomic E-state index is -1.17. The molecule has 0 saturated heterocycles. The summed E-state index contributed by atoms with van der Waals surface area (Å²) in [4.78, 5) is 11.5. The van der Waals surface area contributed by atoms with Crippen LogP contribution in [0.1, 0.15) is 5.56 Å². The number of aryl methyl sites for hydroxylation is 1. The molecule has 1 rings (SSSR count). The first kappa shape index (κ1) is 12.9. The molecule has 0 bridgehead atoms.